The highest BCUT2D eigenvalue weighted by Crippen LogP contribution is 2.66. The molecule has 3 atom stereocenters. The monoisotopic (exact) mass is 431 g/mol. The number of carbonyl (C=O) groups is 3. The molecule has 2 aliphatic heterocycles. The van der Waals surface area contributed by atoms with Crippen LogP contribution in [0.1, 0.15) is 45.3 Å². The van der Waals surface area contributed by atoms with Crippen LogP contribution >= 0.6 is 11.6 Å². The second kappa shape index (κ2) is 5.65. The van der Waals surface area contributed by atoms with Gasteiger partial charge in [-0.25, -0.2) is 9.69 Å². The van der Waals surface area contributed by atoms with Crippen LogP contribution in [0.5, 0.6) is 0 Å². The number of hydrogen-bond donors (Lipinski definition) is 0. The number of fused-ring (bicyclic) bond motifs is 3. The second-order valence-corrected chi connectivity index (χ2v) is 8.76. The van der Waals surface area contributed by atoms with Gasteiger partial charge in [0.25, 0.3) is 5.91 Å². The van der Waals surface area contributed by atoms with Gasteiger partial charge in [-0.2, -0.15) is 13.2 Å². The predicted molar refractivity (Wildman–Crippen MR) is 94.2 cm³/mol. The van der Waals surface area contributed by atoms with Crippen molar-refractivity contribution in [1.82, 2.24) is 0 Å². The lowest BCUT2D eigenvalue weighted by Gasteiger charge is -2.40. The fourth-order valence-corrected chi connectivity index (χ4v) is 4.77. The lowest BCUT2D eigenvalue weighted by molar-refractivity contribution is -0.207. The maximum atomic E-state index is 13.5. The highest BCUT2D eigenvalue weighted by molar-refractivity contribution is 6.31. The van der Waals surface area contributed by atoms with Crippen molar-refractivity contribution in [2.75, 3.05) is 4.90 Å². The van der Waals surface area contributed by atoms with Crippen molar-refractivity contribution in [1.29, 1.82) is 0 Å². The molecule has 2 bridgehead atoms. The Bertz CT molecular complexity index is 962. The summed E-state index contributed by atoms with van der Waals surface area (Å²) in [6, 6.07) is 3.43. The van der Waals surface area contributed by atoms with Crippen molar-refractivity contribution in [3.8, 4) is 0 Å². The van der Waals surface area contributed by atoms with E-state index in [4.69, 9.17) is 16.3 Å². The minimum atomic E-state index is -4.90. The number of hydrogen-bond acceptors (Lipinski definition) is 5. The molecule has 29 heavy (non-hydrogen) atoms. The fourth-order valence-electron chi connectivity index (χ4n) is 4.59. The molecule has 0 N–H and O–H groups in total. The Morgan fingerprint density at radius 3 is 2.38 bits per heavy atom. The Morgan fingerprint density at radius 1 is 1.21 bits per heavy atom. The van der Waals surface area contributed by atoms with E-state index in [0.29, 0.717) is 11.3 Å². The van der Waals surface area contributed by atoms with Crippen LogP contribution in [0.4, 0.5) is 23.7 Å². The summed E-state index contributed by atoms with van der Waals surface area (Å²) < 4.78 is 50.4. The summed E-state index contributed by atoms with van der Waals surface area (Å²) in [4.78, 5) is 39.1. The molecule has 2 fully saturated rings. The molecule has 2 amide bonds. The highest BCUT2D eigenvalue weighted by Gasteiger charge is 2.77. The number of anilines is 1. The predicted octanol–water partition coefficient (Wildman–Crippen LogP) is 4.55. The van der Waals surface area contributed by atoms with Gasteiger partial charge in [0.2, 0.25) is 6.10 Å². The summed E-state index contributed by atoms with van der Waals surface area (Å²) in [5.74, 6) is -1.50. The first kappa shape index (κ1) is 20.0. The number of alkyl halides is 3. The van der Waals surface area contributed by atoms with Crippen molar-refractivity contribution in [3.63, 3.8) is 0 Å². The number of carbonyl (C=O) groups excluding carboxylic acids is 3. The van der Waals surface area contributed by atoms with Crippen LogP contribution in [0.3, 0.4) is 0 Å². The fraction of sp³-hybridized carbons (Fsp3) is 0.526. The van der Waals surface area contributed by atoms with Gasteiger partial charge < -0.3 is 9.47 Å². The second-order valence-electron chi connectivity index (χ2n) is 8.32. The van der Waals surface area contributed by atoms with Crippen molar-refractivity contribution < 1.29 is 37.0 Å². The first-order valence-corrected chi connectivity index (χ1v) is 9.29. The summed E-state index contributed by atoms with van der Waals surface area (Å²) in [6.07, 6.45) is -8.43. The zero-order valence-corrected chi connectivity index (χ0v) is 16.5. The first-order valence-electron chi connectivity index (χ1n) is 8.91. The van der Waals surface area contributed by atoms with E-state index in [1.165, 1.54) is 6.07 Å². The van der Waals surface area contributed by atoms with Gasteiger partial charge in [-0.05, 0) is 38.0 Å². The standard InChI is InChI=1S/C19H17ClF3NO5/c1-16(2)17(3)6-7-18(16,29-14(17)26)13(25)24-11-5-4-9(20)8-10(11)12(19(21,22)23)28-15(24)27/h4-5,8,12H,6-7H2,1-3H3/t12-,17?,18?/m0/s1. The molecular formula is C19H17ClF3NO5. The molecule has 4 rings (SSSR count). The first-order chi connectivity index (χ1) is 13.3. The zero-order valence-electron chi connectivity index (χ0n) is 15.7. The van der Waals surface area contributed by atoms with E-state index in [1.54, 1.807) is 20.8 Å². The summed E-state index contributed by atoms with van der Waals surface area (Å²) in [7, 11) is 0. The quantitative estimate of drug-likeness (QED) is 0.610. The SMILES string of the molecule is CC12CCC(C(=O)N3C(=O)O[C@H](C(F)(F)F)c4cc(Cl)ccc43)(OC1=O)C2(C)C. The molecule has 156 valence electrons. The lowest BCUT2D eigenvalue weighted by atomic mass is 9.66. The van der Waals surface area contributed by atoms with Crippen LogP contribution in [0.25, 0.3) is 0 Å². The molecule has 2 unspecified atom stereocenters. The highest BCUT2D eigenvalue weighted by atomic mass is 35.5. The molecule has 1 aliphatic carbocycles. The Morgan fingerprint density at radius 2 is 1.86 bits per heavy atom. The van der Waals surface area contributed by atoms with Gasteiger partial charge in [0.15, 0.2) is 5.60 Å². The largest absolute Gasteiger partial charge is 0.448 e. The smallest absolute Gasteiger partial charge is 0.430 e. The van der Waals surface area contributed by atoms with Gasteiger partial charge in [0.05, 0.1) is 11.1 Å². The molecule has 2 heterocycles. The minimum Gasteiger partial charge on any atom is -0.448 e. The Hall–Kier alpha value is -2.29. The molecule has 0 aromatic heterocycles. The molecule has 6 nitrogen and oxygen atoms in total. The number of imide groups is 1. The van der Waals surface area contributed by atoms with E-state index in [-0.39, 0.29) is 17.1 Å². The number of benzene rings is 1. The van der Waals surface area contributed by atoms with E-state index in [0.717, 1.165) is 12.1 Å². The van der Waals surface area contributed by atoms with Crippen molar-refractivity contribution in [2.45, 2.75) is 51.5 Å². The topological polar surface area (TPSA) is 72.9 Å². The van der Waals surface area contributed by atoms with Crippen LogP contribution in [0.15, 0.2) is 18.2 Å². The molecule has 1 saturated carbocycles. The average molecular weight is 432 g/mol. The molecule has 0 spiro atoms. The van der Waals surface area contributed by atoms with Gasteiger partial charge in [-0.15, -0.1) is 0 Å². The van der Waals surface area contributed by atoms with E-state index in [2.05, 4.69) is 4.74 Å². The van der Waals surface area contributed by atoms with Crippen LogP contribution in [0.2, 0.25) is 5.02 Å². The Balaban J connectivity index is 1.85. The van der Waals surface area contributed by atoms with Crippen molar-refractivity contribution in [3.05, 3.63) is 28.8 Å². The number of esters is 1. The van der Waals surface area contributed by atoms with Crippen LogP contribution < -0.4 is 4.90 Å². The van der Waals surface area contributed by atoms with E-state index in [1.807, 2.05) is 0 Å². The Kier molecular flexibility index (Phi) is 3.90. The third kappa shape index (κ3) is 2.33. The zero-order chi connectivity index (χ0) is 21.6. The van der Waals surface area contributed by atoms with Crippen LogP contribution in [-0.2, 0) is 19.1 Å². The number of amides is 2. The molecule has 3 aliphatic rings. The molecule has 10 heteroatoms. The number of ether oxygens (including phenoxy) is 2. The van der Waals surface area contributed by atoms with Gasteiger partial charge in [0, 0.05) is 16.0 Å². The molecular weight excluding hydrogens is 415 g/mol. The maximum Gasteiger partial charge on any atom is 0.430 e. The van der Waals surface area contributed by atoms with Crippen LogP contribution in [-0.4, -0.2) is 29.7 Å². The van der Waals surface area contributed by atoms with E-state index in [9.17, 15) is 27.6 Å². The minimum absolute atomic E-state index is 0.0115. The van der Waals surface area contributed by atoms with Gasteiger partial charge in [-0.1, -0.05) is 25.4 Å². The van der Waals surface area contributed by atoms with Gasteiger partial charge >= 0.3 is 18.2 Å². The third-order valence-electron chi connectivity index (χ3n) is 6.84. The normalized spacial score (nSPS) is 32.7. The lowest BCUT2D eigenvalue weighted by Crippen LogP contribution is -2.58. The Labute approximate surface area is 168 Å². The average Bonchev–Trinajstić information content (AvgIpc) is 2.90. The molecule has 1 aromatic carbocycles. The van der Waals surface area contributed by atoms with Crippen molar-refractivity contribution >= 4 is 35.3 Å². The van der Waals surface area contributed by atoms with Crippen LogP contribution in [0, 0.1) is 10.8 Å². The number of halogens is 4. The summed E-state index contributed by atoms with van der Waals surface area (Å²) >= 11 is 5.85. The molecule has 1 aromatic rings. The summed E-state index contributed by atoms with van der Waals surface area (Å²) in [5, 5.41) is -0.0115. The number of cyclic esters (lactones) is 1. The maximum absolute atomic E-state index is 13.5. The third-order valence-corrected chi connectivity index (χ3v) is 7.08. The van der Waals surface area contributed by atoms with Gasteiger partial charge in [-0.3, -0.25) is 9.59 Å². The number of nitrogens with zero attached hydrogens (tertiary/aromatic N) is 1. The molecule has 1 saturated heterocycles. The number of rotatable bonds is 1. The molecule has 0 radical (unpaired) electrons. The van der Waals surface area contributed by atoms with E-state index >= 15 is 0 Å². The summed E-state index contributed by atoms with van der Waals surface area (Å²) in [5.41, 5.74) is -4.36. The summed E-state index contributed by atoms with van der Waals surface area (Å²) in [6.45, 7) is 5.04. The van der Waals surface area contributed by atoms with Gasteiger partial charge in [0.1, 0.15) is 0 Å². The van der Waals surface area contributed by atoms with Crippen molar-refractivity contribution in [2.24, 2.45) is 10.8 Å². The van der Waals surface area contributed by atoms with E-state index < -0.39 is 52.2 Å².